The average Bonchev–Trinajstić information content (AvgIpc) is 3.33. The van der Waals surface area contributed by atoms with E-state index in [1.165, 1.54) is 40.8 Å². The van der Waals surface area contributed by atoms with E-state index in [-0.39, 0.29) is 46.7 Å². The van der Waals surface area contributed by atoms with E-state index in [1.807, 2.05) is 45.0 Å². The topological polar surface area (TPSA) is 241 Å². The van der Waals surface area contributed by atoms with Crippen molar-refractivity contribution in [3.05, 3.63) is 124 Å². The maximum Gasteiger partial charge on any atom is 0.322 e. The van der Waals surface area contributed by atoms with Crippen molar-refractivity contribution in [3.8, 4) is 17.2 Å². The number of amides is 2. The number of rotatable bonds is 25. The van der Waals surface area contributed by atoms with Crippen LogP contribution >= 0.6 is 0 Å². The van der Waals surface area contributed by atoms with Gasteiger partial charge in [0.2, 0.25) is 15.5 Å². The number of carboxylic acids is 1. The Hall–Kier alpha value is -6.35. The molecule has 6 rings (SSSR count). The van der Waals surface area contributed by atoms with E-state index in [0.29, 0.717) is 107 Å². The Morgan fingerprint density at radius 3 is 1.93 bits per heavy atom. The van der Waals surface area contributed by atoms with Crippen LogP contribution in [0.5, 0.6) is 17.2 Å². The summed E-state index contributed by atoms with van der Waals surface area (Å²) in [5, 5.41) is 25.0. The van der Waals surface area contributed by atoms with Gasteiger partial charge in [-0.3, -0.25) is 19.2 Å². The van der Waals surface area contributed by atoms with Crippen molar-refractivity contribution in [1.82, 2.24) is 14.6 Å². The maximum absolute atomic E-state index is 13.3. The van der Waals surface area contributed by atoms with E-state index in [9.17, 15) is 32.7 Å². The summed E-state index contributed by atoms with van der Waals surface area (Å²) >= 11 is 0. The molecule has 0 atom stereocenters. The first-order valence-corrected chi connectivity index (χ1v) is 24.1. The van der Waals surface area contributed by atoms with Crippen molar-refractivity contribution < 1.29 is 61.4 Å². The van der Waals surface area contributed by atoms with Gasteiger partial charge in [0.05, 0.1) is 57.8 Å². The molecule has 1 aliphatic heterocycles. The second-order valence-corrected chi connectivity index (χ2v) is 19.1. The third-order valence-corrected chi connectivity index (χ3v) is 13.2. The standard InChI is InChI=1S/C50H60N4O14S/c1-50(2,3)41-30-45(44(55)31-43(41)53-49(60)40-32-51-42-7-5-4-6-39(42)47(40)58)68-29-27-66-25-23-64-21-20-63-22-24-65-26-28-67-37-12-8-34(9-13-37)35-16-18-54(19-17-35)69(61,62)38-14-10-36(11-15-38)48(59)52-33-46(56)57/h4-15,30-32,35,55H,16-29,33H2,1-3H3,(H,51,58)(H,52,59)(H,53,60)(H,56,57). The molecule has 370 valence electrons. The smallest absolute Gasteiger partial charge is 0.322 e. The number of pyridine rings is 1. The molecule has 1 aliphatic rings. The number of aromatic amines is 1. The van der Waals surface area contributed by atoms with Gasteiger partial charge in [-0.05, 0) is 89.9 Å². The molecule has 18 nitrogen and oxygen atoms in total. The third-order valence-electron chi connectivity index (χ3n) is 11.2. The molecule has 0 aliphatic carbocycles. The van der Waals surface area contributed by atoms with Crippen LogP contribution in [0, 0.1) is 0 Å². The molecule has 69 heavy (non-hydrogen) atoms. The largest absolute Gasteiger partial charge is 0.504 e. The number of carbonyl (C=O) groups is 3. The number of nitrogens with one attached hydrogen (secondary N) is 3. The molecule has 1 aromatic heterocycles. The Morgan fingerprint density at radius 1 is 0.754 bits per heavy atom. The summed E-state index contributed by atoms with van der Waals surface area (Å²) in [6.45, 7) is 9.50. The minimum absolute atomic E-state index is 0.0435. The number of phenolic OH excluding ortho intramolecular Hbond substituents is 1. The number of anilines is 1. The fourth-order valence-electron chi connectivity index (χ4n) is 7.58. The molecule has 1 saturated heterocycles. The molecule has 0 spiro atoms. The number of aliphatic carboxylic acids is 1. The molecular weight excluding hydrogens is 913 g/mol. The monoisotopic (exact) mass is 972 g/mol. The summed E-state index contributed by atoms with van der Waals surface area (Å²) in [6.07, 6.45) is 2.69. The average molecular weight is 973 g/mol. The highest BCUT2D eigenvalue weighted by Crippen LogP contribution is 2.39. The van der Waals surface area contributed by atoms with Crippen LogP contribution < -0.4 is 25.5 Å². The van der Waals surface area contributed by atoms with Crippen LogP contribution in [-0.2, 0) is 39.2 Å². The van der Waals surface area contributed by atoms with Crippen LogP contribution in [0.25, 0.3) is 10.9 Å². The summed E-state index contributed by atoms with van der Waals surface area (Å²) in [5.74, 6) is -1.40. The second kappa shape index (κ2) is 24.8. The van der Waals surface area contributed by atoms with E-state index in [4.69, 9.17) is 33.5 Å². The predicted octanol–water partition coefficient (Wildman–Crippen LogP) is 5.69. The van der Waals surface area contributed by atoms with Crippen LogP contribution in [0.2, 0.25) is 0 Å². The highest BCUT2D eigenvalue weighted by Gasteiger charge is 2.30. The van der Waals surface area contributed by atoms with Crippen LogP contribution in [0.15, 0.2) is 101 Å². The Kier molecular flexibility index (Phi) is 18.7. The van der Waals surface area contributed by atoms with E-state index < -0.39 is 45.2 Å². The number of fused-ring (bicyclic) bond motifs is 1. The fourth-order valence-corrected chi connectivity index (χ4v) is 9.05. The van der Waals surface area contributed by atoms with Gasteiger partial charge in [0.15, 0.2) is 11.5 Å². The van der Waals surface area contributed by atoms with Crippen molar-refractivity contribution in [2.24, 2.45) is 0 Å². The Labute approximate surface area is 400 Å². The summed E-state index contributed by atoms with van der Waals surface area (Å²) in [6, 6.07) is 23.3. The van der Waals surface area contributed by atoms with Gasteiger partial charge in [0.1, 0.15) is 31.1 Å². The van der Waals surface area contributed by atoms with E-state index in [1.54, 1.807) is 30.3 Å². The van der Waals surface area contributed by atoms with Crippen molar-refractivity contribution in [2.45, 2.75) is 49.8 Å². The van der Waals surface area contributed by atoms with Crippen LogP contribution in [-0.4, -0.2) is 131 Å². The SMILES string of the molecule is CC(C)(C)c1cc(OCCOCCOCCOCCOCCOc2ccc(C3CCN(S(=O)(=O)c4ccc(C(=O)NCC(=O)O)cc4)CC3)cc2)c(O)cc1NC(=O)c1c[nH]c2ccccc2c1=O. The zero-order chi connectivity index (χ0) is 49.4. The first kappa shape index (κ1) is 52.0. The van der Waals surface area contributed by atoms with E-state index in [2.05, 4.69) is 15.6 Å². The predicted molar refractivity (Wildman–Crippen MR) is 257 cm³/mol. The van der Waals surface area contributed by atoms with Gasteiger partial charge in [-0.1, -0.05) is 45.0 Å². The van der Waals surface area contributed by atoms with Crippen molar-refractivity contribution in [2.75, 3.05) is 91.0 Å². The Balaban J connectivity index is 0.777. The summed E-state index contributed by atoms with van der Waals surface area (Å²) in [7, 11) is -3.75. The van der Waals surface area contributed by atoms with E-state index in [0.717, 1.165) is 5.56 Å². The highest BCUT2D eigenvalue weighted by molar-refractivity contribution is 7.89. The number of para-hydroxylation sites is 1. The zero-order valence-corrected chi connectivity index (χ0v) is 39.8. The Morgan fingerprint density at radius 2 is 1.33 bits per heavy atom. The van der Waals surface area contributed by atoms with Crippen molar-refractivity contribution >= 4 is 44.4 Å². The quantitative estimate of drug-likeness (QED) is 0.0442. The number of benzene rings is 4. The molecule has 4 aromatic carbocycles. The second-order valence-electron chi connectivity index (χ2n) is 17.1. The molecule has 0 radical (unpaired) electrons. The lowest BCUT2D eigenvalue weighted by Crippen LogP contribution is -2.37. The lowest BCUT2D eigenvalue weighted by molar-refractivity contribution is -0.135. The number of hydrogen-bond donors (Lipinski definition) is 5. The molecule has 0 unspecified atom stereocenters. The third kappa shape index (κ3) is 14.8. The number of nitrogens with zero attached hydrogens (tertiary/aromatic N) is 1. The lowest BCUT2D eigenvalue weighted by Gasteiger charge is -2.31. The molecule has 2 amide bonds. The summed E-state index contributed by atoms with van der Waals surface area (Å²) in [5.41, 5.74) is 2.10. The number of ether oxygens (including phenoxy) is 6. The minimum atomic E-state index is -3.75. The number of sulfonamides is 1. The maximum atomic E-state index is 13.3. The van der Waals surface area contributed by atoms with Gasteiger partial charge >= 0.3 is 5.97 Å². The normalized spacial score (nSPS) is 13.6. The number of carboxylic acid groups (broad SMARTS) is 1. The molecule has 2 heterocycles. The number of hydrogen-bond acceptors (Lipinski definition) is 13. The zero-order valence-electron chi connectivity index (χ0n) is 39.0. The van der Waals surface area contributed by atoms with Gasteiger partial charge in [0.25, 0.3) is 11.8 Å². The molecule has 5 N–H and O–H groups in total. The van der Waals surface area contributed by atoms with Crippen LogP contribution in [0.3, 0.4) is 0 Å². The summed E-state index contributed by atoms with van der Waals surface area (Å²) in [4.78, 5) is 52.1. The van der Waals surface area contributed by atoms with Gasteiger partial charge in [-0.15, -0.1) is 0 Å². The number of aromatic hydroxyl groups is 1. The lowest BCUT2D eigenvalue weighted by atomic mass is 9.85. The molecule has 0 bridgehead atoms. The number of carbonyl (C=O) groups excluding carboxylic acids is 2. The van der Waals surface area contributed by atoms with Crippen molar-refractivity contribution in [3.63, 3.8) is 0 Å². The number of aromatic nitrogens is 1. The molecule has 5 aromatic rings. The molecule has 19 heteroatoms. The highest BCUT2D eigenvalue weighted by atomic mass is 32.2. The van der Waals surface area contributed by atoms with Crippen LogP contribution in [0.4, 0.5) is 5.69 Å². The summed E-state index contributed by atoms with van der Waals surface area (Å²) < 4.78 is 62.0. The minimum Gasteiger partial charge on any atom is -0.504 e. The van der Waals surface area contributed by atoms with Crippen molar-refractivity contribution in [1.29, 1.82) is 0 Å². The van der Waals surface area contributed by atoms with Gasteiger partial charge in [-0.25, -0.2) is 8.42 Å². The molecule has 0 saturated carbocycles. The number of piperidine rings is 1. The van der Waals surface area contributed by atoms with Gasteiger partial charge in [-0.2, -0.15) is 4.31 Å². The molecular formula is C50H60N4O14S. The number of H-pyrrole nitrogens is 1. The number of phenols is 1. The first-order valence-electron chi connectivity index (χ1n) is 22.7. The van der Waals surface area contributed by atoms with Gasteiger partial charge in [0, 0.05) is 47.5 Å². The first-order chi connectivity index (χ1) is 33.1. The van der Waals surface area contributed by atoms with Gasteiger partial charge < -0.3 is 54.3 Å². The fraction of sp³-hybridized carbons (Fsp3) is 0.400. The van der Waals surface area contributed by atoms with Crippen LogP contribution in [0.1, 0.15) is 71.4 Å². The van der Waals surface area contributed by atoms with E-state index >= 15 is 0 Å². The molecule has 1 fully saturated rings. The Bertz CT molecular complexity index is 2680.